The summed E-state index contributed by atoms with van der Waals surface area (Å²) in [4.78, 5) is 42.4. The SMILES string of the molecule is COc1cccc2c1C(=O)c1c(O)c3c(c(O)c1C2=O)C[C@@](O)(C(C)=O)C[C@@H]3O[C@H]1C[C@H](NCN2CCOCC2)[C@H](O)[C@H](C)O1.Cl. The Bertz CT molecular complexity index is 1540. The van der Waals surface area contributed by atoms with Crippen LogP contribution in [-0.4, -0.2) is 113 Å². The predicted octanol–water partition coefficient (Wildman–Crippen LogP) is 1.37. The molecular weight excluding hydrogens is 624 g/mol. The molecule has 0 bridgehead atoms. The fourth-order valence-corrected chi connectivity index (χ4v) is 6.83. The third-order valence-electron chi connectivity index (χ3n) is 9.43. The lowest BCUT2D eigenvalue weighted by Gasteiger charge is -2.43. The van der Waals surface area contributed by atoms with Crippen LogP contribution in [0.3, 0.4) is 0 Å². The van der Waals surface area contributed by atoms with Crippen LogP contribution < -0.4 is 10.1 Å². The normalized spacial score (nSPS) is 29.3. The molecule has 2 aromatic carbocycles. The number of hydrogen-bond donors (Lipinski definition) is 5. The van der Waals surface area contributed by atoms with Crippen LogP contribution in [0.1, 0.15) is 75.8 Å². The van der Waals surface area contributed by atoms with E-state index >= 15 is 0 Å². The van der Waals surface area contributed by atoms with Gasteiger partial charge in [-0.05, 0) is 19.9 Å². The lowest BCUT2D eigenvalue weighted by Crippen LogP contribution is -2.56. The summed E-state index contributed by atoms with van der Waals surface area (Å²) in [6.45, 7) is 6.13. The van der Waals surface area contributed by atoms with Gasteiger partial charge >= 0.3 is 0 Å². The van der Waals surface area contributed by atoms with Crippen molar-refractivity contribution in [2.75, 3.05) is 40.1 Å². The molecule has 13 nitrogen and oxygen atoms in total. The molecule has 0 unspecified atom stereocenters. The number of fused-ring (bicyclic) bond motifs is 3. The monoisotopic (exact) mass is 662 g/mol. The molecule has 250 valence electrons. The van der Waals surface area contributed by atoms with Crippen LogP contribution in [0.25, 0.3) is 0 Å². The summed E-state index contributed by atoms with van der Waals surface area (Å²) < 4.78 is 23.0. The number of hydrogen-bond acceptors (Lipinski definition) is 13. The van der Waals surface area contributed by atoms with Crippen molar-refractivity contribution in [2.24, 2.45) is 0 Å². The first-order chi connectivity index (χ1) is 21.4. The number of benzene rings is 2. The van der Waals surface area contributed by atoms with Gasteiger partial charge in [-0.1, -0.05) is 12.1 Å². The summed E-state index contributed by atoms with van der Waals surface area (Å²) in [6, 6.07) is 4.04. The van der Waals surface area contributed by atoms with Gasteiger partial charge in [0.15, 0.2) is 17.9 Å². The van der Waals surface area contributed by atoms with Gasteiger partial charge in [0, 0.05) is 61.8 Å². The third kappa shape index (κ3) is 5.79. The minimum absolute atomic E-state index is 0. The Labute approximate surface area is 271 Å². The molecule has 2 saturated heterocycles. The van der Waals surface area contributed by atoms with E-state index in [1.165, 1.54) is 32.2 Å². The fourth-order valence-electron chi connectivity index (χ4n) is 6.83. The zero-order valence-electron chi connectivity index (χ0n) is 25.8. The maximum atomic E-state index is 13.8. The highest BCUT2D eigenvalue weighted by atomic mass is 35.5. The number of methoxy groups -OCH3 is 1. The number of rotatable bonds is 7. The van der Waals surface area contributed by atoms with Crippen molar-refractivity contribution in [2.45, 2.75) is 69.4 Å². The third-order valence-corrected chi connectivity index (χ3v) is 9.43. The first-order valence-corrected chi connectivity index (χ1v) is 15.1. The molecule has 0 radical (unpaired) electrons. The zero-order chi connectivity index (χ0) is 32.2. The van der Waals surface area contributed by atoms with Gasteiger partial charge in [-0.15, -0.1) is 12.4 Å². The minimum atomic E-state index is -2.01. The number of ether oxygens (including phenoxy) is 4. The number of phenols is 2. The van der Waals surface area contributed by atoms with Gasteiger partial charge in [0.05, 0.1) is 55.3 Å². The quantitative estimate of drug-likeness (QED) is 0.229. The van der Waals surface area contributed by atoms with Gasteiger partial charge < -0.3 is 39.4 Å². The Morgan fingerprint density at radius 3 is 2.48 bits per heavy atom. The highest BCUT2D eigenvalue weighted by Crippen LogP contribution is 2.52. The first-order valence-electron chi connectivity index (χ1n) is 15.1. The van der Waals surface area contributed by atoms with E-state index < -0.39 is 82.6 Å². The predicted molar refractivity (Wildman–Crippen MR) is 164 cm³/mol. The standard InChI is InChI=1S/C32H38N2O11.ClH/c1-15-27(36)19(33-14-34-7-9-43-10-8-34)11-22(44-15)45-21-13-32(41,16(2)35)12-18-24(21)31(40)26-25(29(18)38)28(37)17-5-4-6-20(42-3)23(17)30(26)39;/h4-6,15,19,21-22,27,33,36,38,40-41H,7-14H2,1-3H3;1H/t15-,19-,21-,22-,27+,32-;/m0./s1. The van der Waals surface area contributed by atoms with Gasteiger partial charge in [0.1, 0.15) is 22.8 Å². The Morgan fingerprint density at radius 2 is 1.80 bits per heavy atom. The molecule has 0 amide bonds. The van der Waals surface area contributed by atoms with Gasteiger partial charge in [-0.3, -0.25) is 24.6 Å². The van der Waals surface area contributed by atoms with E-state index in [1.54, 1.807) is 6.92 Å². The number of phenolic OH excluding ortho intramolecular Hbond substituents is 2. The Morgan fingerprint density at radius 1 is 1.11 bits per heavy atom. The number of nitrogens with zero attached hydrogens (tertiary/aromatic N) is 1. The highest BCUT2D eigenvalue weighted by Gasteiger charge is 2.49. The van der Waals surface area contributed by atoms with E-state index in [2.05, 4.69) is 10.2 Å². The van der Waals surface area contributed by atoms with Crippen molar-refractivity contribution in [1.82, 2.24) is 10.2 Å². The molecule has 5 N–H and O–H groups in total. The van der Waals surface area contributed by atoms with Crippen molar-refractivity contribution >= 4 is 29.8 Å². The number of Topliss-reactive ketones (excluding diaryl/α,β-unsaturated/α-hetero) is 1. The molecule has 14 heteroatoms. The largest absolute Gasteiger partial charge is 0.507 e. The summed E-state index contributed by atoms with van der Waals surface area (Å²) in [5.74, 6) is -3.11. The Kier molecular flexibility index (Phi) is 9.79. The first kappa shape index (κ1) is 34.2. The number of aromatic hydroxyl groups is 2. The average Bonchev–Trinajstić information content (AvgIpc) is 3.02. The van der Waals surface area contributed by atoms with Crippen LogP contribution in [0.2, 0.25) is 0 Å². The molecule has 4 aliphatic rings. The number of carbonyl (C=O) groups is 3. The number of aliphatic hydroxyl groups excluding tert-OH is 1. The number of carbonyl (C=O) groups excluding carboxylic acids is 3. The van der Waals surface area contributed by atoms with Crippen LogP contribution in [-0.2, 0) is 25.4 Å². The van der Waals surface area contributed by atoms with Crippen LogP contribution >= 0.6 is 12.4 Å². The summed E-state index contributed by atoms with van der Waals surface area (Å²) in [5, 5.41) is 48.9. The molecule has 46 heavy (non-hydrogen) atoms. The van der Waals surface area contributed by atoms with Crippen molar-refractivity contribution in [1.29, 1.82) is 0 Å². The second-order valence-corrected chi connectivity index (χ2v) is 12.2. The lowest BCUT2D eigenvalue weighted by atomic mass is 9.72. The molecule has 0 spiro atoms. The summed E-state index contributed by atoms with van der Waals surface area (Å²) in [7, 11) is 1.35. The van der Waals surface area contributed by atoms with Gasteiger partial charge in [0.25, 0.3) is 0 Å². The molecule has 6 atom stereocenters. The van der Waals surface area contributed by atoms with Crippen molar-refractivity contribution in [3.63, 3.8) is 0 Å². The summed E-state index contributed by atoms with van der Waals surface area (Å²) >= 11 is 0. The molecular formula is C32H39ClN2O11. The molecule has 2 aliphatic heterocycles. The van der Waals surface area contributed by atoms with Crippen LogP contribution in [0, 0.1) is 0 Å². The zero-order valence-corrected chi connectivity index (χ0v) is 26.6. The lowest BCUT2D eigenvalue weighted by molar-refractivity contribution is -0.250. The summed E-state index contributed by atoms with van der Waals surface area (Å²) in [6.07, 6.45) is -4.26. The Balaban J connectivity index is 0.00000417. The summed E-state index contributed by atoms with van der Waals surface area (Å²) in [5.41, 5.74) is -2.98. The average molecular weight is 663 g/mol. The number of nitrogens with one attached hydrogen (secondary N) is 1. The number of ketones is 3. The second-order valence-electron chi connectivity index (χ2n) is 12.2. The fraction of sp³-hybridized carbons (Fsp3) is 0.531. The molecule has 2 aromatic rings. The number of halogens is 1. The molecule has 2 aliphatic carbocycles. The van der Waals surface area contributed by atoms with E-state index in [-0.39, 0.29) is 53.3 Å². The van der Waals surface area contributed by atoms with Gasteiger partial charge in [-0.25, -0.2) is 0 Å². The van der Waals surface area contributed by atoms with Gasteiger partial charge in [-0.2, -0.15) is 0 Å². The Hall–Kier alpha value is -3.14. The van der Waals surface area contributed by atoms with Crippen molar-refractivity contribution < 1.29 is 53.8 Å². The van der Waals surface area contributed by atoms with E-state index in [1.807, 2.05) is 0 Å². The highest BCUT2D eigenvalue weighted by molar-refractivity contribution is 6.31. The van der Waals surface area contributed by atoms with Crippen LogP contribution in [0.4, 0.5) is 0 Å². The van der Waals surface area contributed by atoms with E-state index in [0.29, 0.717) is 19.9 Å². The van der Waals surface area contributed by atoms with Crippen LogP contribution in [0.5, 0.6) is 17.2 Å². The second kappa shape index (κ2) is 13.2. The molecule has 2 fully saturated rings. The van der Waals surface area contributed by atoms with E-state index in [0.717, 1.165) is 13.1 Å². The smallest absolute Gasteiger partial charge is 0.202 e. The maximum Gasteiger partial charge on any atom is 0.202 e. The molecule has 2 heterocycles. The molecule has 0 aromatic heterocycles. The molecule has 0 saturated carbocycles. The maximum absolute atomic E-state index is 13.8. The van der Waals surface area contributed by atoms with Crippen molar-refractivity contribution in [3.8, 4) is 17.2 Å². The van der Waals surface area contributed by atoms with Crippen LogP contribution in [0.15, 0.2) is 18.2 Å². The van der Waals surface area contributed by atoms with Gasteiger partial charge in [0.2, 0.25) is 5.78 Å². The topological polar surface area (TPSA) is 184 Å². The van der Waals surface area contributed by atoms with E-state index in [9.17, 15) is 34.8 Å². The minimum Gasteiger partial charge on any atom is -0.507 e. The number of morpholine rings is 1. The number of aliphatic hydroxyl groups is 2. The van der Waals surface area contributed by atoms with E-state index in [4.69, 9.17) is 18.9 Å². The molecule has 6 rings (SSSR count). The van der Waals surface area contributed by atoms with Crippen molar-refractivity contribution in [3.05, 3.63) is 51.6 Å².